The summed E-state index contributed by atoms with van der Waals surface area (Å²) in [6.07, 6.45) is 4.79. The van der Waals surface area contributed by atoms with Crippen LogP contribution in [0.1, 0.15) is 83.4 Å². The Labute approximate surface area is 414 Å². The number of fused-ring (bicyclic) bond motifs is 2. The van der Waals surface area contributed by atoms with Crippen LogP contribution in [0.15, 0.2) is 72.0 Å². The number of piperidine rings is 3. The van der Waals surface area contributed by atoms with Crippen molar-refractivity contribution in [2.75, 3.05) is 77.0 Å². The molecule has 0 aliphatic carbocycles. The molecule has 380 valence electrons. The van der Waals surface area contributed by atoms with E-state index in [1.165, 1.54) is 23.0 Å². The molecular weight excluding hydrogens is 932 g/mol. The van der Waals surface area contributed by atoms with E-state index < -0.39 is 34.8 Å². The van der Waals surface area contributed by atoms with Crippen molar-refractivity contribution in [1.82, 2.24) is 48.6 Å². The number of imide groups is 1. The first kappa shape index (κ1) is 47.9. The number of nitrogens with zero attached hydrogens (tertiary/aromatic N) is 10. The van der Waals surface area contributed by atoms with E-state index in [4.69, 9.17) is 4.74 Å². The molecule has 6 aliphatic heterocycles. The van der Waals surface area contributed by atoms with E-state index in [9.17, 15) is 37.1 Å². The fourth-order valence-corrected chi connectivity index (χ4v) is 11.9. The minimum absolute atomic E-state index is 0.167. The van der Waals surface area contributed by atoms with E-state index in [0.717, 1.165) is 98.5 Å². The van der Waals surface area contributed by atoms with Crippen molar-refractivity contribution in [2.24, 2.45) is 18.9 Å². The lowest BCUT2D eigenvalue weighted by atomic mass is 9.75. The first-order chi connectivity index (χ1) is 34.7. The summed E-state index contributed by atoms with van der Waals surface area (Å²) in [5, 5.41) is 10.6. The van der Waals surface area contributed by atoms with Crippen LogP contribution in [0.3, 0.4) is 0 Å². The summed E-state index contributed by atoms with van der Waals surface area (Å²) in [6, 6.07) is 13.8. The first-order valence-corrected chi connectivity index (χ1v) is 25.3. The second-order valence-corrected chi connectivity index (χ2v) is 20.9. The number of anilines is 1. The molecule has 1 N–H and O–H groups in total. The minimum Gasteiger partial charge on any atom is -0.379 e. The van der Waals surface area contributed by atoms with Gasteiger partial charge in [-0.2, -0.15) is 13.2 Å². The maximum atomic E-state index is 14.7. The summed E-state index contributed by atoms with van der Waals surface area (Å²) in [4.78, 5) is 75.4. The van der Waals surface area contributed by atoms with Crippen LogP contribution < -0.4 is 15.9 Å². The minimum atomic E-state index is -4.69. The number of amides is 4. The number of carbonyl (C=O) groups is 4. The standard InChI is InChI=1S/C52H60F3N11O6/c1-59-33-56-58-45(59)25-51(31-72-32-51)38-3-2-4-40(24-38)64-30-44-42(52(53,54)55)21-36(28-66(44)50(64)71)27-60-13-9-34(10-14-60)22-47(68)63-15-11-35(12-16-63)26-61-17-19-62(20-18-61)39-5-6-41-37(23-39)29-65(49(41)70)43-7-8-46(67)57-48(43)69/h2-6,21,23-24,28,30,33-35,43H,7-20,22,25-27,29,31-32H2,1H3,(H,57,67,69)/t43-/m1/s1. The molecule has 11 rings (SSSR count). The van der Waals surface area contributed by atoms with Crippen LogP contribution in [0, 0.1) is 11.8 Å². The molecule has 0 radical (unpaired) electrons. The zero-order valence-electron chi connectivity index (χ0n) is 40.5. The second kappa shape index (κ2) is 19.2. The zero-order valence-corrected chi connectivity index (χ0v) is 40.5. The third kappa shape index (κ3) is 9.43. The number of alkyl halides is 3. The highest BCUT2D eigenvalue weighted by molar-refractivity contribution is 6.05. The summed E-state index contributed by atoms with van der Waals surface area (Å²) >= 11 is 0. The molecule has 0 saturated carbocycles. The number of likely N-dealkylation sites (tertiary alicyclic amines) is 2. The molecule has 72 heavy (non-hydrogen) atoms. The Morgan fingerprint density at radius 1 is 0.847 bits per heavy atom. The van der Waals surface area contributed by atoms with Crippen molar-refractivity contribution in [3.8, 4) is 5.69 Å². The van der Waals surface area contributed by atoms with Crippen molar-refractivity contribution < 1.29 is 37.1 Å². The summed E-state index contributed by atoms with van der Waals surface area (Å²) in [5.74, 6) is 0.784. The molecule has 0 unspecified atom stereocenters. The van der Waals surface area contributed by atoms with E-state index in [1.807, 2.05) is 46.8 Å². The topological polar surface area (TPSA) is 163 Å². The van der Waals surface area contributed by atoms with Gasteiger partial charge in [-0.25, -0.2) is 4.79 Å². The van der Waals surface area contributed by atoms with Crippen molar-refractivity contribution >= 4 is 34.8 Å². The zero-order chi connectivity index (χ0) is 49.9. The van der Waals surface area contributed by atoms with Crippen molar-refractivity contribution in [3.05, 3.63) is 111 Å². The smallest absolute Gasteiger partial charge is 0.379 e. The molecule has 17 nitrogen and oxygen atoms in total. The summed E-state index contributed by atoms with van der Waals surface area (Å²) < 4.78 is 54.0. The Balaban J connectivity index is 0.644. The van der Waals surface area contributed by atoms with Gasteiger partial charge in [0.2, 0.25) is 17.7 Å². The number of ether oxygens (including phenoxy) is 1. The normalized spacial score (nSPS) is 21.6. The number of hydrogen-bond acceptors (Lipinski definition) is 11. The number of aromatic nitrogens is 5. The fraction of sp³-hybridized carbons (Fsp3) is 0.519. The number of rotatable bonds is 12. The molecule has 4 amide bonds. The number of hydrogen-bond donors (Lipinski definition) is 1. The molecule has 0 spiro atoms. The number of carbonyl (C=O) groups excluding carboxylic acids is 4. The van der Waals surface area contributed by atoms with Gasteiger partial charge in [-0.3, -0.25) is 43.3 Å². The molecule has 5 saturated heterocycles. The second-order valence-electron chi connectivity index (χ2n) is 20.9. The molecular formula is C52H60F3N11O6. The third-order valence-corrected chi connectivity index (χ3v) is 16.2. The van der Waals surface area contributed by atoms with Crippen molar-refractivity contribution in [1.29, 1.82) is 0 Å². The lowest BCUT2D eigenvalue weighted by molar-refractivity contribution is -0.137. The van der Waals surface area contributed by atoms with Gasteiger partial charge in [0.05, 0.1) is 30.0 Å². The maximum absolute atomic E-state index is 14.7. The maximum Gasteiger partial charge on any atom is 0.418 e. The number of imidazole rings is 1. The Hall–Kier alpha value is -6.38. The molecule has 20 heteroatoms. The molecule has 6 aliphatic rings. The van der Waals surface area contributed by atoms with Gasteiger partial charge in [0.25, 0.3) is 5.91 Å². The highest BCUT2D eigenvalue weighted by atomic mass is 19.4. The number of benzene rings is 2. The van der Waals surface area contributed by atoms with Gasteiger partial charge in [0, 0.05) is 114 Å². The summed E-state index contributed by atoms with van der Waals surface area (Å²) in [5.41, 5.74) is 2.29. The first-order valence-electron chi connectivity index (χ1n) is 25.3. The molecule has 5 aromatic rings. The summed E-state index contributed by atoms with van der Waals surface area (Å²) in [6.45, 7) is 8.80. The Bertz CT molecular complexity index is 2960. The number of piperazine rings is 1. The van der Waals surface area contributed by atoms with Gasteiger partial charge in [0.15, 0.2) is 0 Å². The quantitative estimate of drug-likeness (QED) is 0.179. The van der Waals surface area contributed by atoms with Crippen LogP contribution in [-0.4, -0.2) is 145 Å². The molecule has 0 bridgehead atoms. The Morgan fingerprint density at radius 3 is 2.31 bits per heavy atom. The predicted octanol–water partition coefficient (Wildman–Crippen LogP) is 4.17. The van der Waals surface area contributed by atoms with Crippen molar-refractivity contribution in [2.45, 2.75) is 82.1 Å². The molecule has 2 aromatic carbocycles. The van der Waals surface area contributed by atoms with Crippen LogP contribution in [0.2, 0.25) is 0 Å². The van der Waals surface area contributed by atoms with E-state index in [0.29, 0.717) is 74.8 Å². The van der Waals surface area contributed by atoms with E-state index in [1.54, 1.807) is 17.3 Å². The number of halogens is 3. The monoisotopic (exact) mass is 991 g/mol. The predicted molar refractivity (Wildman–Crippen MR) is 258 cm³/mol. The van der Waals surface area contributed by atoms with Gasteiger partial charge in [-0.1, -0.05) is 12.1 Å². The molecule has 5 fully saturated rings. The van der Waals surface area contributed by atoms with Gasteiger partial charge in [-0.05, 0) is 110 Å². The highest BCUT2D eigenvalue weighted by Crippen LogP contribution is 2.38. The van der Waals surface area contributed by atoms with Crippen LogP contribution in [0.25, 0.3) is 11.2 Å². The lowest BCUT2D eigenvalue weighted by Crippen LogP contribution is -2.52. The Kier molecular flexibility index (Phi) is 12.8. The molecule has 1 atom stereocenters. The van der Waals surface area contributed by atoms with Crippen LogP contribution >= 0.6 is 0 Å². The average molecular weight is 992 g/mol. The Morgan fingerprint density at radius 2 is 1.61 bits per heavy atom. The van der Waals surface area contributed by atoms with E-state index in [-0.39, 0.29) is 42.1 Å². The van der Waals surface area contributed by atoms with Gasteiger partial charge >= 0.3 is 11.9 Å². The van der Waals surface area contributed by atoms with E-state index in [2.05, 4.69) is 36.3 Å². The van der Waals surface area contributed by atoms with Crippen LogP contribution in [0.5, 0.6) is 0 Å². The van der Waals surface area contributed by atoms with E-state index >= 15 is 0 Å². The van der Waals surface area contributed by atoms with Gasteiger partial charge in [0.1, 0.15) is 18.2 Å². The largest absolute Gasteiger partial charge is 0.418 e. The number of nitrogens with one attached hydrogen (secondary N) is 1. The van der Waals surface area contributed by atoms with Crippen LogP contribution in [-0.2, 0) is 57.3 Å². The SMILES string of the molecule is Cn1cnnc1CC1(c2cccc(-n3cc4c(C(F)(F)F)cc(CN5CCC(CC(=O)N6CCC(CN7CCN(c8ccc9c(c8)CN([C@@H]8CCC(=O)NC8=O)C9=O)CC7)CC6)CC5)cn4c3=O)c2)COC1. The average Bonchev–Trinajstić information content (AvgIpc) is 4.03. The van der Waals surface area contributed by atoms with Gasteiger partial charge in [-0.15, -0.1) is 10.2 Å². The van der Waals surface area contributed by atoms with Crippen molar-refractivity contribution in [3.63, 3.8) is 0 Å². The lowest BCUT2D eigenvalue weighted by Gasteiger charge is -2.41. The molecule has 9 heterocycles. The van der Waals surface area contributed by atoms with Crippen LogP contribution in [0.4, 0.5) is 18.9 Å². The number of pyridine rings is 1. The number of aryl methyl sites for hydroxylation is 1. The highest BCUT2D eigenvalue weighted by Gasteiger charge is 2.43. The summed E-state index contributed by atoms with van der Waals surface area (Å²) in [7, 11) is 1.87. The molecule has 3 aromatic heterocycles. The fourth-order valence-electron chi connectivity index (χ4n) is 11.9. The van der Waals surface area contributed by atoms with Gasteiger partial charge < -0.3 is 24.0 Å². The third-order valence-electron chi connectivity index (χ3n) is 16.2.